The molecule has 1 heterocycles. The van der Waals surface area contributed by atoms with Gasteiger partial charge >= 0.3 is 0 Å². The molecule has 0 fully saturated rings. The summed E-state index contributed by atoms with van der Waals surface area (Å²) < 4.78 is 0. The first-order chi connectivity index (χ1) is 3.39. The standard InChI is InChI=1S/C6H7N.H3N.H2O/c1-6-4-2-3-5-7-6;;/h2-5H,1H3;1H3;1H2. The molecule has 0 radical (unpaired) electrons. The maximum atomic E-state index is 3.98. The lowest BCUT2D eigenvalue weighted by atomic mass is 10.4. The summed E-state index contributed by atoms with van der Waals surface area (Å²) in [7, 11) is 0. The van der Waals surface area contributed by atoms with Gasteiger partial charge < -0.3 is 11.6 Å². The van der Waals surface area contributed by atoms with Crippen LogP contribution in [0.25, 0.3) is 0 Å². The molecule has 0 aliphatic rings. The van der Waals surface area contributed by atoms with Crippen molar-refractivity contribution in [2.24, 2.45) is 0 Å². The highest BCUT2D eigenvalue weighted by molar-refractivity contribution is 4.99. The molecule has 0 amide bonds. The van der Waals surface area contributed by atoms with Gasteiger partial charge in [-0.3, -0.25) is 4.98 Å². The molecule has 0 aromatic carbocycles. The molecular formula is C6H12N2O. The van der Waals surface area contributed by atoms with Crippen LogP contribution < -0.4 is 6.15 Å². The van der Waals surface area contributed by atoms with Crippen molar-refractivity contribution in [1.29, 1.82) is 0 Å². The van der Waals surface area contributed by atoms with Crippen molar-refractivity contribution < 1.29 is 5.48 Å². The van der Waals surface area contributed by atoms with Gasteiger partial charge in [0.1, 0.15) is 0 Å². The molecule has 0 aliphatic carbocycles. The fourth-order valence-corrected chi connectivity index (χ4v) is 0.448. The summed E-state index contributed by atoms with van der Waals surface area (Å²) in [5.74, 6) is 0. The van der Waals surface area contributed by atoms with E-state index in [1.807, 2.05) is 25.1 Å². The van der Waals surface area contributed by atoms with Gasteiger partial charge in [-0.1, -0.05) is 6.07 Å². The van der Waals surface area contributed by atoms with E-state index in [1.165, 1.54) is 0 Å². The summed E-state index contributed by atoms with van der Waals surface area (Å²) in [6.45, 7) is 1.97. The average molecular weight is 128 g/mol. The predicted molar refractivity (Wildman–Crippen MR) is 37.6 cm³/mol. The second-order valence-electron chi connectivity index (χ2n) is 1.47. The third-order valence-electron chi connectivity index (χ3n) is 0.813. The van der Waals surface area contributed by atoms with Crippen molar-refractivity contribution >= 4 is 0 Å². The van der Waals surface area contributed by atoms with Gasteiger partial charge in [-0.15, -0.1) is 0 Å². The highest BCUT2D eigenvalue weighted by Gasteiger charge is 1.73. The van der Waals surface area contributed by atoms with Crippen LogP contribution in [0.15, 0.2) is 24.4 Å². The predicted octanol–water partition coefficient (Wildman–Crippen LogP) is 0.727. The molecule has 5 N–H and O–H groups in total. The largest absolute Gasteiger partial charge is 0.412 e. The molecule has 3 nitrogen and oxygen atoms in total. The Balaban J connectivity index is 0. The van der Waals surface area contributed by atoms with Crippen molar-refractivity contribution in [2.75, 3.05) is 0 Å². The lowest BCUT2D eigenvalue weighted by Gasteiger charge is -1.82. The van der Waals surface area contributed by atoms with E-state index in [4.69, 9.17) is 0 Å². The first-order valence-corrected chi connectivity index (χ1v) is 2.27. The molecule has 3 heteroatoms. The van der Waals surface area contributed by atoms with E-state index in [0.717, 1.165) is 5.69 Å². The topological polar surface area (TPSA) is 79.4 Å². The van der Waals surface area contributed by atoms with Crippen molar-refractivity contribution in [3.05, 3.63) is 30.1 Å². The smallest absolute Gasteiger partial charge is 0.0372 e. The minimum atomic E-state index is 0. The van der Waals surface area contributed by atoms with E-state index in [1.54, 1.807) is 6.20 Å². The number of aryl methyl sites for hydroxylation is 1. The summed E-state index contributed by atoms with van der Waals surface area (Å²) in [5, 5.41) is 0. The third kappa shape index (κ3) is 3.64. The zero-order valence-electron chi connectivity index (χ0n) is 5.46. The van der Waals surface area contributed by atoms with Crippen LogP contribution in [0.3, 0.4) is 0 Å². The molecule has 0 aliphatic heterocycles. The van der Waals surface area contributed by atoms with E-state index in [-0.39, 0.29) is 11.6 Å². The van der Waals surface area contributed by atoms with E-state index in [0.29, 0.717) is 0 Å². The van der Waals surface area contributed by atoms with Gasteiger partial charge in [0.05, 0.1) is 0 Å². The first-order valence-electron chi connectivity index (χ1n) is 2.27. The average Bonchev–Trinajstić information content (AvgIpc) is 1.69. The fraction of sp³-hybridized carbons (Fsp3) is 0.167. The zero-order chi connectivity index (χ0) is 5.11. The van der Waals surface area contributed by atoms with E-state index >= 15 is 0 Å². The molecule has 0 bridgehead atoms. The van der Waals surface area contributed by atoms with Gasteiger partial charge in [0.25, 0.3) is 0 Å². The van der Waals surface area contributed by atoms with Crippen LogP contribution in [0.5, 0.6) is 0 Å². The van der Waals surface area contributed by atoms with Crippen molar-refractivity contribution in [1.82, 2.24) is 11.1 Å². The number of aromatic nitrogens is 1. The molecule has 0 atom stereocenters. The monoisotopic (exact) mass is 128 g/mol. The summed E-state index contributed by atoms with van der Waals surface area (Å²) in [4.78, 5) is 3.98. The molecule has 1 rings (SSSR count). The molecular weight excluding hydrogens is 116 g/mol. The minimum Gasteiger partial charge on any atom is -0.412 e. The number of hydrogen-bond acceptors (Lipinski definition) is 2. The normalized spacial score (nSPS) is 6.78. The highest BCUT2D eigenvalue weighted by atomic mass is 16.0. The Morgan fingerprint density at radius 2 is 2.00 bits per heavy atom. The Kier molecular flexibility index (Phi) is 6.34. The number of rotatable bonds is 0. The van der Waals surface area contributed by atoms with Crippen LogP contribution in [0.4, 0.5) is 0 Å². The van der Waals surface area contributed by atoms with Crippen LogP contribution in [0, 0.1) is 6.92 Å². The Bertz CT molecular complexity index is 141. The fourth-order valence-electron chi connectivity index (χ4n) is 0.448. The van der Waals surface area contributed by atoms with E-state index in [9.17, 15) is 0 Å². The van der Waals surface area contributed by atoms with Crippen LogP contribution in [0.1, 0.15) is 5.69 Å². The van der Waals surface area contributed by atoms with Gasteiger partial charge in [0, 0.05) is 11.9 Å². The summed E-state index contributed by atoms with van der Waals surface area (Å²) in [6.07, 6.45) is 1.79. The zero-order valence-corrected chi connectivity index (χ0v) is 5.46. The molecule has 0 saturated carbocycles. The van der Waals surface area contributed by atoms with E-state index in [2.05, 4.69) is 4.98 Å². The molecule has 0 unspecified atom stereocenters. The molecule has 1 aromatic heterocycles. The van der Waals surface area contributed by atoms with E-state index < -0.39 is 0 Å². The molecule has 0 saturated heterocycles. The van der Waals surface area contributed by atoms with Crippen molar-refractivity contribution in [3.8, 4) is 0 Å². The number of hydrogen-bond donors (Lipinski definition) is 1. The second kappa shape index (κ2) is 5.21. The lowest BCUT2D eigenvalue weighted by molar-refractivity contribution is 0.824. The lowest BCUT2D eigenvalue weighted by Crippen LogP contribution is -1.72. The molecule has 0 spiro atoms. The first kappa shape index (κ1) is 10.9. The second-order valence-corrected chi connectivity index (χ2v) is 1.47. The molecule has 52 valence electrons. The summed E-state index contributed by atoms with van der Waals surface area (Å²) in [5.41, 5.74) is 1.07. The van der Waals surface area contributed by atoms with Gasteiger partial charge in [0.15, 0.2) is 0 Å². The maximum Gasteiger partial charge on any atom is 0.0372 e. The Morgan fingerprint density at radius 3 is 2.22 bits per heavy atom. The maximum absolute atomic E-state index is 3.98. The molecule has 1 aromatic rings. The van der Waals surface area contributed by atoms with Crippen molar-refractivity contribution in [2.45, 2.75) is 6.92 Å². The Labute approximate surface area is 54.6 Å². The Morgan fingerprint density at radius 1 is 1.33 bits per heavy atom. The highest BCUT2D eigenvalue weighted by Crippen LogP contribution is 1.85. The van der Waals surface area contributed by atoms with Crippen molar-refractivity contribution in [3.63, 3.8) is 0 Å². The summed E-state index contributed by atoms with van der Waals surface area (Å²) in [6, 6.07) is 5.86. The van der Waals surface area contributed by atoms with Gasteiger partial charge in [-0.25, -0.2) is 0 Å². The molecule has 9 heavy (non-hydrogen) atoms. The third-order valence-corrected chi connectivity index (χ3v) is 0.813. The van der Waals surface area contributed by atoms with Gasteiger partial charge in [-0.05, 0) is 19.1 Å². The quantitative estimate of drug-likeness (QED) is 0.558. The SMILES string of the molecule is Cc1ccccn1.N.O. The summed E-state index contributed by atoms with van der Waals surface area (Å²) >= 11 is 0. The van der Waals surface area contributed by atoms with Crippen LogP contribution >= 0.6 is 0 Å². The van der Waals surface area contributed by atoms with Crippen LogP contribution in [-0.2, 0) is 0 Å². The Hall–Kier alpha value is -0.930. The number of pyridine rings is 1. The minimum absolute atomic E-state index is 0. The van der Waals surface area contributed by atoms with Gasteiger partial charge in [-0.2, -0.15) is 0 Å². The van der Waals surface area contributed by atoms with Crippen LogP contribution in [-0.4, -0.2) is 10.5 Å². The van der Waals surface area contributed by atoms with Gasteiger partial charge in [0.2, 0.25) is 0 Å². The number of nitrogens with zero attached hydrogens (tertiary/aromatic N) is 1. The van der Waals surface area contributed by atoms with Crippen LogP contribution in [0.2, 0.25) is 0 Å².